The van der Waals surface area contributed by atoms with E-state index in [1.54, 1.807) is 6.07 Å². The molecule has 0 fully saturated rings. The maximum absolute atomic E-state index is 11.7. The fraction of sp³-hybridized carbons (Fsp3) is 0.263. The number of carbonyl (C=O) groups is 1. The highest BCUT2D eigenvalue weighted by atomic mass is 32.1. The van der Waals surface area contributed by atoms with Crippen molar-refractivity contribution in [1.82, 2.24) is 9.55 Å². The minimum atomic E-state index is -0.464. The second kappa shape index (κ2) is 8.16. The third kappa shape index (κ3) is 3.95. The molecule has 6 nitrogen and oxygen atoms in total. The SMILES string of the molecule is Cc1c(C(N)=O)cc(-c2csc(COc3ccccc3)n2)n1CCCO. The van der Waals surface area contributed by atoms with Gasteiger partial charge in [0.15, 0.2) is 0 Å². The summed E-state index contributed by atoms with van der Waals surface area (Å²) in [7, 11) is 0. The number of hydrogen-bond acceptors (Lipinski definition) is 5. The average molecular weight is 371 g/mol. The zero-order chi connectivity index (χ0) is 18.5. The molecule has 0 aliphatic carbocycles. The molecule has 136 valence electrons. The van der Waals surface area contributed by atoms with Crippen LogP contribution in [0.2, 0.25) is 0 Å². The molecule has 0 radical (unpaired) electrons. The lowest BCUT2D eigenvalue weighted by Crippen LogP contribution is -2.12. The van der Waals surface area contributed by atoms with Crippen LogP contribution in [0, 0.1) is 6.92 Å². The number of aromatic nitrogens is 2. The van der Waals surface area contributed by atoms with Gasteiger partial charge in [0, 0.05) is 24.2 Å². The average Bonchev–Trinajstić information content (AvgIpc) is 3.23. The van der Waals surface area contributed by atoms with Gasteiger partial charge in [-0.15, -0.1) is 11.3 Å². The van der Waals surface area contributed by atoms with E-state index >= 15 is 0 Å². The van der Waals surface area contributed by atoms with Crippen molar-refractivity contribution in [3.05, 3.63) is 58.0 Å². The number of amides is 1. The summed E-state index contributed by atoms with van der Waals surface area (Å²) in [5, 5.41) is 11.9. The monoisotopic (exact) mass is 371 g/mol. The summed E-state index contributed by atoms with van der Waals surface area (Å²) >= 11 is 1.50. The molecule has 0 saturated carbocycles. The first-order valence-electron chi connectivity index (χ1n) is 8.33. The molecule has 0 aliphatic heterocycles. The molecule has 3 aromatic rings. The number of nitrogens with zero attached hydrogens (tertiary/aromatic N) is 2. The van der Waals surface area contributed by atoms with Crippen LogP contribution in [-0.2, 0) is 13.2 Å². The van der Waals surface area contributed by atoms with Crippen molar-refractivity contribution in [2.45, 2.75) is 26.5 Å². The Balaban J connectivity index is 1.83. The highest BCUT2D eigenvalue weighted by Gasteiger charge is 2.18. The quantitative estimate of drug-likeness (QED) is 0.637. The van der Waals surface area contributed by atoms with E-state index in [0.717, 1.165) is 27.8 Å². The molecule has 0 spiro atoms. The van der Waals surface area contributed by atoms with Crippen molar-refractivity contribution < 1.29 is 14.6 Å². The summed E-state index contributed by atoms with van der Waals surface area (Å²) in [6, 6.07) is 11.4. The van der Waals surface area contributed by atoms with E-state index in [0.29, 0.717) is 25.1 Å². The first kappa shape index (κ1) is 18.2. The molecule has 26 heavy (non-hydrogen) atoms. The first-order chi connectivity index (χ1) is 12.6. The van der Waals surface area contributed by atoms with Crippen molar-refractivity contribution in [2.75, 3.05) is 6.61 Å². The lowest BCUT2D eigenvalue weighted by Gasteiger charge is -2.09. The Morgan fingerprint density at radius 2 is 2.12 bits per heavy atom. The highest BCUT2D eigenvalue weighted by Crippen LogP contribution is 2.28. The Morgan fingerprint density at radius 1 is 1.35 bits per heavy atom. The molecule has 0 atom stereocenters. The van der Waals surface area contributed by atoms with Crippen LogP contribution in [0.4, 0.5) is 0 Å². The Hall–Kier alpha value is -2.64. The number of hydrogen-bond donors (Lipinski definition) is 2. The molecule has 0 unspecified atom stereocenters. The van der Waals surface area contributed by atoms with Crippen molar-refractivity contribution in [2.24, 2.45) is 5.73 Å². The first-order valence-corrected chi connectivity index (χ1v) is 9.21. The maximum Gasteiger partial charge on any atom is 0.250 e. The minimum absolute atomic E-state index is 0.0796. The third-order valence-electron chi connectivity index (χ3n) is 4.09. The molecule has 3 rings (SSSR count). The van der Waals surface area contributed by atoms with Crippen LogP contribution in [-0.4, -0.2) is 27.2 Å². The van der Waals surface area contributed by atoms with Crippen molar-refractivity contribution in [3.8, 4) is 17.1 Å². The van der Waals surface area contributed by atoms with Gasteiger partial charge >= 0.3 is 0 Å². The van der Waals surface area contributed by atoms with Gasteiger partial charge in [-0.25, -0.2) is 4.98 Å². The zero-order valence-electron chi connectivity index (χ0n) is 14.5. The topological polar surface area (TPSA) is 90.4 Å². The van der Waals surface area contributed by atoms with Crippen LogP contribution in [0.3, 0.4) is 0 Å². The van der Waals surface area contributed by atoms with E-state index in [1.165, 1.54) is 11.3 Å². The van der Waals surface area contributed by atoms with Crippen molar-refractivity contribution in [1.29, 1.82) is 0 Å². The van der Waals surface area contributed by atoms with Crippen LogP contribution < -0.4 is 10.5 Å². The summed E-state index contributed by atoms with van der Waals surface area (Å²) in [6.45, 7) is 2.91. The smallest absolute Gasteiger partial charge is 0.250 e. The van der Waals surface area contributed by atoms with Gasteiger partial charge in [0.1, 0.15) is 17.4 Å². The molecule has 0 aliphatic rings. The van der Waals surface area contributed by atoms with Gasteiger partial charge in [0.25, 0.3) is 5.91 Å². The number of primary amides is 1. The van der Waals surface area contributed by atoms with Crippen LogP contribution in [0.25, 0.3) is 11.4 Å². The lowest BCUT2D eigenvalue weighted by molar-refractivity contribution is 0.0999. The molecule has 1 amide bonds. The second-order valence-electron chi connectivity index (χ2n) is 5.85. The number of carbonyl (C=O) groups excluding carboxylic acids is 1. The molecule has 2 heterocycles. The van der Waals surface area contributed by atoms with Gasteiger partial charge in [-0.05, 0) is 31.5 Å². The fourth-order valence-corrected chi connectivity index (χ4v) is 3.48. The molecular formula is C19H21N3O3S. The maximum atomic E-state index is 11.7. The standard InChI is InChI=1S/C19H21N3O3S/c1-13-15(19(20)24)10-17(22(13)8-5-9-23)16-12-26-18(21-16)11-25-14-6-3-2-4-7-14/h2-4,6-7,10,12,23H,5,8-9,11H2,1H3,(H2,20,24). The number of thiazole rings is 1. The number of benzene rings is 1. The summed E-state index contributed by atoms with van der Waals surface area (Å²) in [4.78, 5) is 16.3. The number of rotatable bonds is 8. The Labute approximate surface area is 155 Å². The Morgan fingerprint density at radius 3 is 2.81 bits per heavy atom. The lowest BCUT2D eigenvalue weighted by atomic mass is 10.2. The number of aliphatic hydroxyl groups excluding tert-OH is 1. The molecule has 3 N–H and O–H groups in total. The number of aliphatic hydroxyl groups is 1. The van der Waals surface area contributed by atoms with Gasteiger partial charge in [0.2, 0.25) is 0 Å². The van der Waals surface area contributed by atoms with Crippen LogP contribution in [0.5, 0.6) is 5.75 Å². The summed E-state index contributed by atoms with van der Waals surface area (Å²) in [6.07, 6.45) is 0.592. The predicted octanol–water partition coefficient (Wildman–Crippen LogP) is 2.98. The second-order valence-corrected chi connectivity index (χ2v) is 6.79. The van der Waals surface area contributed by atoms with Crippen molar-refractivity contribution in [3.63, 3.8) is 0 Å². The summed E-state index contributed by atoms with van der Waals surface area (Å²) < 4.78 is 7.72. The van der Waals surface area contributed by atoms with Crippen LogP contribution in [0.1, 0.15) is 27.5 Å². The van der Waals surface area contributed by atoms with Crippen molar-refractivity contribution >= 4 is 17.2 Å². The molecule has 0 bridgehead atoms. The molecular weight excluding hydrogens is 350 g/mol. The van der Waals surface area contributed by atoms with Gasteiger partial charge in [-0.1, -0.05) is 18.2 Å². The zero-order valence-corrected chi connectivity index (χ0v) is 15.3. The van der Waals surface area contributed by atoms with Gasteiger partial charge in [-0.2, -0.15) is 0 Å². The molecule has 1 aromatic carbocycles. The van der Waals surface area contributed by atoms with E-state index < -0.39 is 5.91 Å². The number of nitrogens with two attached hydrogens (primary N) is 1. The fourth-order valence-electron chi connectivity index (χ4n) is 2.78. The Bertz CT molecular complexity index is 887. The summed E-state index contributed by atoms with van der Waals surface area (Å²) in [5.41, 5.74) is 8.35. The van der Waals surface area contributed by atoms with E-state index in [9.17, 15) is 4.79 Å². The van der Waals surface area contributed by atoms with E-state index in [-0.39, 0.29) is 6.61 Å². The minimum Gasteiger partial charge on any atom is -0.486 e. The molecule has 0 saturated heterocycles. The van der Waals surface area contributed by atoms with Gasteiger partial charge < -0.3 is 20.1 Å². The summed E-state index contributed by atoms with van der Waals surface area (Å²) in [5.74, 6) is 0.330. The van der Waals surface area contributed by atoms with Gasteiger partial charge in [0.05, 0.1) is 17.0 Å². The number of ether oxygens (including phenoxy) is 1. The molecule has 7 heteroatoms. The largest absolute Gasteiger partial charge is 0.486 e. The van der Waals surface area contributed by atoms with E-state index in [2.05, 4.69) is 4.98 Å². The van der Waals surface area contributed by atoms with Crippen LogP contribution >= 0.6 is 11.3 Å². The predicted molar refractivity (Wildman–Crippen MR) is 101 cm³/mol. The van der Waals surface area contributed by atoms with Gasteiger partial charge in [-0.3, -0.25) is 4.79 Å². The highest BCUT2D eigenvalue weighted by molar-refractivity contribution is 7.09. The normalized spacial score (nSPS) is 10.8. The molecule has 2 aromatic heterocycles. The Kier molecular flexibility index (Phi) is 5.70. The van der Waals surface area contributed by atoms with E-state index in [4.69, 9.17) is 15.6 Å². The third-order valence-corrected chi connectivity index (χ3v) is 4.91. The van der Waals surface area contributed by atoms with Crippen LogP contribution in [0.15, 0.2) is 41.8 Å². The number of para-hydroxylation sites is 1. The van der Waals surface area contributed by atoms with E-state index in [1.807, 2.05) is 47.2 Å².